The molecule has 3 rings (SSSR count). The van der Waals surface area contributed by atoms with E-state index in [1.807, 2.05) is 12.1 Å². The van der Waals surface area contributed by atoms with Gasteiger partial charge < -0.3 is 14.8 Å². The molecule has 0 aliphatic carbocycles. The molecule has 0 atom stereocenters. The number of rotatable bonds is 5. The number of hydrogen-bond acceptors (Lipinski definition) is 4. The minimum atomic E-state index is -0.458. The Hall–Kier alpha value is -2.93. The summed E-state index contributed by atoms with van der Waals surface area (Å²) in [4.78, 5) is 16.8. The lowest BCUT2D eigenvalue weighted by atomic mass is 10.2. The second-order valence-corrected chi connectivity index (χ2v) is 6.13. The molecular formula is C19H14BrFN2O3. The van der Waals surface area contributed by atoms with Gasteiger partial charge in [-0.15, -0.1) is 0 Å². The fraction of sp³-hybridized carbons (Fsp3) is 0.0526. The fourth-order valence-electron chi connectivity index (χ4n) is 2.25. The number of pyridine rings is 1. The molecule has 0 saturated heterocycles. The van der Waals surface area contributed by atoms with Crippen molar-refractivity contribution in [2.75, 3.05) is 12.4 Å². The highest BCUT2D eigenvalue weighted by Gasteiger charge is 2.16. The van der Waals surface area contributed by atoms with E-state index in [9.17, 15) is 9.18 Å². The largest absolute Gasteiger partial charge is 0.494 e. The normalized spacial score (nSPS) is 10.3. The van der Waals surface area contributed by atoms with Gasteiger partial charge in [-0.05, 0) is 42.5 Å². The summed E-state index contributed by atoms with van der Waals surface area (Å²) >= 11 is 3.36. The van der Waals surface area contributed by atoms with Gasteiger partial charge in [0.15, 0.2) is 0 Å². The summed E-state index contributed by atoms with van der Waals surface area (Å²) < 4.78 is 25.0. The molecule has 1 heterocycles. The van der Waals surface area contributed by atoms with Crippen molar-refractivity contribution in [1.82, 2.24) is 4.98 Å². The van der Waals surface area contributed by atoms with Crippen LogP contribution in [0.25, 0.3) is 0 Å². The van der Waals surface area contributed by atoms with Gasteiger partial charge in [0.2, 0.25) is 5.88 Å². The summed E-state index contributed by atoms with van der Waals surface area (Å²) in [6, 6.07) is 14.3. The second kappa shape index (κ2) is 7.97. The lowest BCUT2D eigenvalue weighted by Crippen LogP contribution is -2.14. The second-order valence-electron chi connectivity index (χ2n) is 5.21. The van der Waals surface area contributed by atoms with Gasteiger partial charge in [0.1, 0.15) is 22.9 Å². The lowest BCUT2D eigenvalue weighted by Gasteiger charge is -2.12. The van der Waals surface area contributed by atoms with Crippen LogP contribution in [-0.4, -0.2) is 18.0 Å². The fourth-order valence-corrected chi connectivity index (χ4v) is 2.62. The Morgan fingerprint density at radius 1 is 1.15 bits per heavy atom. The van der Waals surface area contributed by atoms with Gasteiger partial charge in [-0.1, -0.05) is 22.0 Å². The van der Waals surface area contributed by atoms with Crippen LogP contribution in [0.15, 0.2) is 65.3 Å². The maximum atomic E-state index is 13.3. The van der Waals surface area contributed by atoms with Crippen LogP contribution in [0.3, 0.4) is 0 Å². The summed E-state index contributed by atoms with van der Waals surface area (Å²) in [5.74, 6) is 0.000253. The van der Waals surface area contributed by atoms with Gasteiger partial charge in [-0.25, -0.2) is 9.37 Å². The molecule has 0 saturated carbocycles. The minimum Gasteiger partial charge on any atom is -0.494 e. The quantitative estimate of drug-likeness (QED) is 0.632. The molecule has 26 heavy (non-hydrogen) atoms. The van der Waals surface area contributed by atoms with Crippen molar-refractivity contribution in [3.05, 3.63) is 76.6 Å². The molecule has 2 aromatic carbocycles. The molecule has 0 aliphatic heterocycles. The summed E-state index contributed by atoms with van der Waals surface area (Å²) in [6.07, 6.45) is 1.53. The van der Waals surface area contributed by atoms with Crippen LogP contribution < -0.4 is 14.8 Å². The van der Waals surface area contributed by atoms with E-state index >= 15 is 0 Å². The number of carbonyl (C=O) groups excluding carboxylic acids is 1. The zero-order valence-electron chi connectivity index (χ0n) is 13.7. The SMILES string of the molecule is COc1cc(F)ccc1NC(=O)c1cccnc1Oc1cccc(Br)c1. The zero-order valence-corrected chi connectivity index (χ0v) is 15.3. The van der Waals surface area contributed by atoms with E-state index < -0.39 is 11.7 Å². The predicted octanol–water partition coefficient (Wildman–Crippen LogP) is 5.04. The van der Waals surface area contributed by atoms with E-state index in [1.165, 1.54) is 31.5 Å². The van der Waals surface area contributed by atoms with Gasteiger partial charge >= 0.3 is 0 Å². The van der Waals surface area contributed by atoms with Crippen LogP contribution in [0.1, 0.15) is 10.4 Å². The monoisotopic (exact) mass is 416 g/mol. The highest BCUT2D eigenvalue weighted by molar-refractivity contribution is 9.10. The number of amides is 1. The number of nitrogens with one attached hydrogen (secondary N) is 1. The molecule has 0 spiro atoms. The Morgan fingerprint density at radius 3 is 2.77 bits per heavy atom. The molecule has 0 aliphatic rings. The third kappa shape index (κ3) is 4.18. The van der Waals surface area contributed by atoms with E-state index in [0.29, 0.717) is 11.4 Å². The number of halogens is 2. The van der Waals surface area contributed by atoms with Crippen molar-refractivity contribution >= 4 is 27.5 Å². The summed E-state index contributed by atoms with van der Waals surface area (Å²) in [7, 11) is 1.40. The molecule has 1 aromatic heterocycles. The molecule has 1 amide bonds. The number of aromatic nitrogens is 1. The topological polar surface area (TPSA) is 60.5 Å². The number of benzene rings is 2. The van der Waals surface area contributed by atoms with Gasteiger partial charge in [0.05, 0.1) is 12.8 Å². The van der Waals surface area contributed by atoms with Crippen molar-refractivity contribution in [2.24, 2.45) is 0 Å². The van der Waals surface area contributed by atoms with E-state index in [1.54, 1.807) is 24.3 Å². The maximum Gasteiger partial charge on any atom is 0.261 e. The molecular weight excluding hydrogens is 403 g/mol. The van der Waals surface area contributed by atoms with Crippen LogP contribution in [0.2, 0.25) is 0 Å². The van der Waals surface area contributed by atoms with E-state index in [2.05, 4.69) is 26.2 Å². The average Bonchev–Trinajstić information content (AvgIpc) is 2.63. The van der Waals surface area contributed by atoms with Crippen LogP contribution in [0, 0.1) is 5.82 Å². The Morgan fingerprint density at radius 2 is 2.00 bits per heavy atom. The first-order chi connectivity index (χ1) is 12.6. The Balaban J connectivity index is 1.86. The number of ether oxygens (including phenoxy) is 2. The molecule has 0 bridgehead atoms. The van der Waals surface area contributed by atoms with Crippen molar-refractivity contribution in [2.45, 2.75) is 0 Å². The molecule has 132 valence electrons. The summed E-state index contributed by atoms with van der Waals surface area (Å²) in [5, 5.41) is 2.68. The molecule has 0 unspecified atom stereocenters. The van der Waals surface area contributed by atoms with Gasteiger partial charge in [0, 0.05) is 16.7 Å². The van der Waals surface area contributed by atoms with Gasteiger partial charge in [-0.3, -0.25) is 4.79 Å². The summed E-state index contributed by atoms with van der Waals surface area (Å²) in [5.41, 5.74) is 0.579. The van der Waals surface area contributed by atoms with Crippen molar-refractivity contribution in [1.29, 1.82) is 0 Å². The minimum absolute atomic E-state index is 0.157. The van der Waals surface area contributed by atoms with Crippen LogP contribution in [-0.2, 0) is 0 Å². The molecule has 0 radical (unpaired) electrons. The Kier molecular flexibility index (Phi) is 5.48. The maximum absolute atomic E-state index is 13.3. The standard InChI is InChI=1S/C19H14BrFN2O3/c1-25-17-11-13(21)7-8-16(17)23-18(24)15-6-3-9-22-19(15)26-14-5-2-4-12(20)10-14/h2-11H,1H3,(H,23,24). The third-order valence-electron chi connectivity index (χ3n) is 3.44. The van der Waals surface area contributed by atoms with E-state index in [4.69, 9.17) is 9.47 Å². The van der Waals surface area contributed by atoms with Crippen molar-refractivity contribution in [3.63, 3.8) is 0 Å². The molecule has 0 fully saturated rings. The van der Waals surface area contributed by atoms with Gasteiger partial charge in [0.25, 0.3) is 5.91 Å². The highest BCUT2D eigenvalue weighted by atomic mass is 79.9. The molecule has 7 heteroatoms. The number of anilines is 1. The van der Waals surface area contributed by atoms with Crippen molar-refractivity contribution < 1.29 is 18.7 Å². The first-order valence-corrected chi connectivity index (χ1v) is 8.39. The average molecular weight is 417 g/mol. The van der Waals surface area contributed by atoms with E-state index in [0.717, 1.165) is 4.47 Å². The Labute approximate surface area is 157 Å². The molecule has 3 aromatic rings. The Bertz CT molecular complexity index is 950. The van der Waals surface area contributed by atoms with Crippen LogP contribution in [0.5, 0.6) is 17.4 Å². The van der Waals surface area contributed by atoms with Crippen molar-refractivity contribution in [3.8, 4) is 17.4 Å². The number of hydrogen-bond donors (Lipinski definition) is 1. The molecule has 1 N–H and O–H groups in total. The number of methoxy groups -OCH3 is 1. The predicted molar refractivity (Wildman–Crippen MR) is 99.4 cm³/mol. The highest BCUT2D eigenvalue weighted by Crippen LogP contribution is 2.28. The number of nitrogens with zero attached hydrogens (tertiary/aromatic N) is 1. The smallest absolute Gasteiger partial charge is 0.261 e. The third-order valence-corrected chi connectivity index (χ3v) is 3.93. The number of carbonyl (C=O) groups is 1. The molecule has 5 nitrogen and oxygen atoms in total. The first kappa shape index (κ1) is 17.9. The van der Waals surface area contributed by atoms with Gasteiger partial charge in [-0.2, -0.15) is 0 Å². The van der Waals surface area contributed by atoms with E-state index in [-0.39, 0.29) is 17.2 Å². The lowest BCUT2D eigenvalue weighted by molar-refractivity contribution is 0.102. The zero-order chi connectivity index (χ0) is 18.5. The van der Waals surface area contributed by atoms with Crippen LogP contribution in [0.4, 0.5) is 10.1 Å². The first-order valence-electron chi connectivity index (χ1n) is 7.60. The van der Waals surface area contributed by atoms with Crippen LogP contribution >= 0.6 is 15.9 Å². The summed E-state index contributed by atoms with van der Waals surface area (Å²) in [6.45, 7) is 0.